The summed E-state index contributed by atoms with van der Waals surface area (Å²) in [7, 11) is 0. The molecule has 0 aromatic heterocycles. The Morgan fingerprint density at radius 3 is 2.70 bits per heavy atom. The van der Waals surface area contributed by atoms with Crippen molar-refractivity contribution in [2.45, 2.75) is 19.3 Å². The summed E-state index contributed by atoms with van der Waals surface area (Å²) in [5, 5.41) is 2.73. The molecule has 0 unspecified atom stereocenters. The molecule has 0 radical (unpaired) electrons. The van der Waals surface area contributed by atoms with E-state index in [2.05, 4.69) is 5.32 Å². The van der Waals surface area contributed by atoms with Crippen LogP contribution in [0.25, 0.3) is 0 Å². The second-order valence-electron chi connectivity index (χ2n) is 4.54. The first kappa shape index (κ1) is 14.2. The summed E-state index contributed by atoms with van der Waals surface area (Å²) in [5.74, 6) is 0.681. The number of hydrogen-bond donors (Lipinski definition) is 2. The van der Waals surface area contributed by atoms with Gasteiger partial charge >= 0.3 is 0 Å². The minimum absolute atomic E-state index is 0.204. The van der Waals surface area contributed by atoms with E-state index in [1.54, 1.807) is 18.2 Å². The summed E-state index contributed by atoms with van der Waals surface area (Å²) in [6.07, 6.45) is 1.62. The quantitative estimate of drug-likeness (QED) is 0.781. The highest BCUT2D eigenvalue weighted by molar-refractivity contribution is 5.94. The molecule has 20 heavy (non-hydrogen) atoms. The number of ether oxygens (including phenoxy) is 2. The van der Waals surface area contributed by atoms with Crippen LogP contribution >= 0.6 is 0 Å². The van der Waals surface area contributed by atoms with Gasteiger partial charge in [-0.3, -0.25) is 9.59 Å². The summed E-state index contributed by atoms with van der Waals surface area (Å²) in [6, 6.07) is 5.10. The maximum absolute atomic E-state index is 11.9. The van der Waals surface area contributed by atoms with Crippen molar-refractivity contribution in [3.05, 3.63) is 23.8 Å². The Bertz CT molecular complexity index is 502. The Morgan fingerprint density at radius 1 is 1.20 bits per heavy atom. The van der Waals surface area contributed by atoms with Crippen LogP contribution < -0.4 is 20.5 Å². The van der Waals surface area contributed by atoms with Gasteiger partial charge in [-0.1, -0.05) is 0 Å². The fourth-order valence-corrected chi connectivity index (χ4v) is 1.87. The molecule has 2 amide bonds. The number of rotatable bonds is 5. The van der Waals surface area contributed by atoms with Gasteiger partial charge in [0.05, 0.1) is 13.2 Å². The van der Waals surface area contributed by atoms with Crippen molar-refractivity contribution in [1.29, 1.82) is 0 Å². The lowest BCUT2D eigenvalue weighted by atomic mass is 10.2. The average molecular weight is 278 g/mol. The van der Waals surface area contributed by atoms with E-state index in [0.717, 1.165) is 6.42 Å². The fraction of sp³-hybridized carbons (Fsp3) is 0.429. The fourth-order valence-electron chi connectivity index (χ4n) is 1.87. The number of hydrogen-bond acceptors (Lipinski definition) is 4. The van der Waals surface area contributed by atoms with Gasteiger partial charge in [0, 0.05) is 24.9 Å². The van der Waals surface area contributed by atoms with Gasteiger partial charge in [0.25, 0.3) is 5.91 Å². The zero-order valence-electron chi connectivity index (χ0n) is 11.2. The first-order valence-electron chi connectivity index (χ1n) is 6.63. The molecule has 0 fully saturated rings. The van der Waals surface area contributed by atoms with Gasteiger partial charge in [-0.25, -0.2) is 0 Å². The molecule has 2 rings (SSSR count). The van der Waals surface area contributed by atoms with Crippen molar-refractivity contribution < 1.29 is 19.1 Å². The molecular weight excluding hydrogens is 260 g/mol. The molecule has 108 valence electrons. The van der Waals surface area contributed by atoms with Crippen LogP contribution in [0.2, 0.25) is 0 Å². The van der Waals surface area contributed by atoms with Gasteiger partial charge in [-0.2, -0.15) is 0 Å². The highest BCUT2D eigenvalue weighted by atomic mass is 16.5. The monoisotopic (exact) mass is 278 g/mol. The summed E-state index contributed by atoms with van der Waals surface area (Å²) < 4.78 is 11.0. The first-order chi connectivity index (χ1) is 9.66. The van der Waals surface area contributed by atoms with Gasteiger partial charge in [0.1, 0.15) is 0 Å². The van der Waals surface area contributed by atoms with E-state index in [0.29, 0.717) is 43.2 Å². The van der Waals surface area contributed by atoms with Crippen LogP contribution in [0.1, 0.15) is 29.6 Å². The molecule has 6 heteroatoms. The smallest absolute Gasteiger partial charge is 0.251 e. The number of nitrogens with one attached hydrogen (secondary N) is 1. The molecule has 0 saturated carbocycles. The van der Waals surface area contributed by atoms with Crippen LogP contribution in [-0.4, -0.2) is 31.6 Å². The Balaban J connectivity index is 1.93. The molecule has 1 aromatic carbocycles. The molecule has 3 N–H and O–H groups in total. The van der Waals surface area contributed by atoms with Crippen molar-refractivity contribution >= 4 is 11.8 Å². The number of carbonyl (C=O) groups excluding carboxylic acids is 2. The summed E-state index contributed by atoms with van der Waals surface area (Å²) in [4.78, 5) is 22.5. The molecule has 1 aliphatic rings. The lowest BCUT2D eigenvalue weighted by molar-refractivity contribution is -0.118. The molecule has 0 saturated heterocycles. The maximum Gasteiger partial charge on any atom is 0.251 e. The van der Waals surface area contributed by atoms with E-state index in [4.69, 9.17) is 15.2 Å². The molecular formula is C14H18N2O4. The predicted octanol–water partition coefficient (Wildman–Crippen LogP) is 0.843. The van der Waals surface area contributed by atoms with E-state index in [1.807, 2.05) is 0 Å². The Morgan fingerprint density at radius 2 is 1.95 bits per heavy atom. The standard InChI is InChI=1S/C14H18N2O4/c15-13(17)3-1-6-16-14(18)10-4-5-11-12(9-10)20-8-2-7-19-11/h4-5,9H,1-3,6-8H2,(H2,15,17)(H,16,18). The van der Waals surface area contributed by atoms with Gasteiger partial charge < -0.3 is 20.5 Å². The van der Waals surface area contributed by atoms with Crippen LogP contribution in [0, 0.1) is 0 Å². The molecule has 0 spiro atoms. The topological polar surface area (TPSA) is 90.7 Å². The van der Waals surface area contributed by atoms with E-state index < -0.39 is 0 Å². The van der Waals surface area contributed by atoms with E-state index >= 15 is 0 Å². The maximum atomic E-state index is 11.9. The molecule has 1 aliphatic heterocycles. The summed E-state index contributed by atoms with van der Waals surface area (Å²) in [6.45, 7) is 1.61. The van der Waals surface area contributed by atoms with Crippen molar-refractivity contribution in [2.75, 3.05) is 19.8 Å². The number of carbonyl (C=O) groups is 2. The van der Waals surface area contributed by atoms with E-state index in [1.165, 1.54) is 0 Å². The van der Waals surface area contributed by atoms with Crippen LogP contribution in [0.4, 0.5) is 0 Å². The van der Waals surface area contributed by atoms with Crippen molar-refractivity contribution in [3.63, 3.8) is 0 Å². The molecule has 0 bridgehead atoms. The number of fused-ring (bicyclic) bond motifs is 1. The van der Waals surface area contributed by atoms with Crippen molar-refractivity contribution in [2.24, 2.45) is 5.73 Å². The van der Waals surface area contributed by atoms with Crippen LogP contribution in [0.5, 0.6) is 11.5 Å². The zero-order valence-corrected chi connectivity index (χ0v) is 11.2. The largest absolute Gasteiger partial charge is 0.490 e. The summed E-state index contributed by atoms with van der Waals surface area (Å²) in [5.41, 5.74) is 5.54. The SMILES string of the molecule is NC(=O)CCCNC(=O)c1ccc2c(c1)OCCCO2. The Labute approximate surface area is 117 Å². The molecule has 6 nitrogen and oxygen atoms in total. The molecule has 1 aromatic rings. The van der Waals surface area contributed by atoms with Crippen LogP contribution in [0.15, 0.2) is 18.2 Å². The average Bonchev–Trinajstić information content (AvgIpc) is 2.67. The summed E-state index contributed by atoms with van der Waals surface area (Å²) >= 11 is 0. The van der Waals surface area contributed by atoms with Gasteiger partial charge in [-0.05, 0) is 24.6 Å². The van der Waals surface area contributed by atoms with Gasteiger partial charge in [0.2, 0.25) is 5.91 Å². The lowest BCUT2D eigenvalue weighted by Crippen LogP contribution is -2.25. The van der Waals surface area contributed by atoms with Crippen molar-refractivity contribution in [3.8, 4) is 11.5 Å². The predicted molar refractivity (Wildman–Crippen MR) is 72.8 cm³/mol. The van der Waals surface area contributed by atoms with E-state index in [-0.39, 0.29) is 18.2 Å². The third-order valence-corrected chi connectivity index (χ3v) is 2.90. The Hall–Kier alpha value is -2.24. The second kappa shape index (κ2) is 6.79. The lowest BCUT2D eigenvalue weighted by Gasteiger charge is -2.09. The normalized spacial score (nSPS) is 13.4. The molecule has 0 aliphatic carbocycles. The number of nitrogens with two attached hydrogens (primary N) is 1. The number of benzene rings is 1. The third kappa shape index (κ3) is 3.88. The highest BCUT2D eigenvalue weighted by Crippen LogP contribution is 2.30. The first-order valence-corrected chi connectivity index (χ1v) is 6.63. The molecule has 0 atom stereocenters. The second-order valence-corrected chi connectivity index (χ2v) is 4.54. The highest BCUT2D eigenvalue weighted by Gasteiger charge is 2.13. The van der Waals surface area contributed by atoms with E-state index in [9.17, 15) is 9.59 Å². The van der Waals surface area contributed by atoms with Crippen LogP contribution in [-0.2, 0) is 4.79 Å². The number of primary amides is 1. The van der Waals surface area contributed by atoms with Crippen molar-refractivity contribution in [1.82, 2.24) is 5.32 Å². The van der Waals surface area contributed by atoms with Gasteiger partial charge in [-0.15, -0.1) is 0 Å². The zero-order chi connectivity index (χ0) is 14.4. The van der Waals surface area contributed by atoms with Gasteiger partial charge in [0.15, 0.2) is 11.5 Å². The Kier molecular flexibility index (Phi) is 4.81. The molecule has 1 heterocycles. The number of amides is 2. The minimum Gasteiger partial charge on any atom is -0.490 e. The third-order valence-electron chi connectivity index (χ3n) is 2.90. The minimum atomic E-state index is -0.366. The van der Waals surface area contributed by atoms with Crippen LogP contribution in [0.3, 0.4) is 0 Å².